The van der Waals surface area contributed by atoms with Crippen LogP contribution in [0.25, 0.3) is 0 Å². The standard InChI is InChI=1S/C9H9BrO2/c1-11-9-8-4-7(10)3-2-6(8)5-12-9/h2-4,9H,5H2,1H3. The second-order valence-electron chi connectivity index (χ2n) is 2.72. The van der Waals surface area contributed by atoms with Crippen LogP contribution in [0.4, 0.5) is 0 Å². The van der Waals surface area contributed by atoms with Crippen LogP contribution in [0.2, 0.25) is 0 Å². The minimum absolute atomic E-state index is 0.183. The van der Waals surface area contributed by atoms with Crippen molar-refractivity contribution in [3.05, 3.63) is 33.8 Å². The number of halogens is 1. The quantitative estimate of drug-likeness (QED) is 0.736. The summed E-state index contributed by atoms with van der Waals surface area (Å²) in [6.45, 7) is 0.654. The van der Waals surface area contributed by atoms with E-state index < -0.39 is 0 Å². The van der Waals surface area contributed by atoms with E-state index in [0.717, 1.165) is 10.0 Å². The van der Waals surface area contributed by atoms with Crippen LogP contribution in [-0.2, 0) is 16.1 Å². The van der Waals surface area contributed by atoms with Gasteiger partial charge < -0.3 is 9.47 Å². The molecule has 64 valence electrons. The first-order valence-corrected chi connectivity index (χ1v) is 4.53. The van der Waals surface area contributed by atoms with Gasteiger partial charge in [-0.05, 0) is 17.7 Å². The molecule has 0 spiro atoms. The third-order valence-electron chi connectivity index (χ3n) is 1.97. The van der Waals surface area contributed by atoms with Crippen molar-refractivity contribution in [2.24, 2.45) is 0 Å². The van der Waals surface area contributed by atoms with Gasteiger partial charge in [-0.15, -0.1) is 0 Å². The van der Waals surface area contributed by atoms with Crippen LogP contribution in [0.15, 0.2) is 22.7 Å². The lowest BCUT2D eigenvalue weighted by Crippen LogP contribution is -1.97. The number of rotatable bonds is 1. The van der Waals surface area contributed by atoms with E-state index in [9.17, 15) is 0 Å². The summed E-state index contributed by atoms with van der Waals surface area (Å²) in [6, 6.07) is 6.11. The molecule has 1 aliphatic rings. The highest BCUT2D eigenvalue weighted by Gasteiger charge is 2.22. The van der Waals surface area contributed by atoms with Gasteiger partial charge in [-0.2, -0.15) is 0 Å². The van der Waals surface area contributed by atoms with Crippen molar-refractivity contribution in [3.63, 3.8) is 0 Å². The molecule has 0 saturated heterocycles. The highest BCUT2D eigenvalue weighted by Crippen LogP contribution is 2.32. The van der Waals surface area contributed by atoms with Gasteiger partial charge in [0.25, 0.3) is 0 Å². The lowest BCUT2D eigenvalue weighted by Gasteiger charge is -2.07. The topological polar surface area (TPSA) is 18.5 Å². The molecule has 1 aromatic rings. The lowest BCUT2D eigenvalue weighted by molar-refractivity contribution is -0.118. The summed E-state index contributed by atoms with van der Waals surface area (Å²) in [7, 11) is 1.65. The molecule has 2 nitrogen and oxygen atoms in total. The molecule has 0 bridgehead atoms. The molecule has 0 aliphatic carbocycles. The molecular formula is C9H9BrO2. The van der Waals surface area contributed by atoms with Gasteiger partial charge in [0.15, 0.2) is 6.29 Å². The van der Waals surface area contributed by atoms with Gasteiger partial charge in [-0.1, -0.05) is 22.0 Å². The Kier molecular flexibility index (Phi) is 2.17. The Morgan fingerprint density at radius 3 is 3.17 bits per heavy atom. The molecule has 1 atom stereocenters. The number of fused-ring (bicyclic) bond motifs is 1. The highest BCUT2D eigenvalue weighted by molar-refractivity contribution is 9.10. The van der Waals surface area contributed by atoms with Crippen LogP contribution in [0.3, 0.4) is 0 Å². The monoisotopic (exact) mass is 228 g/mol. The van der Waals surface area contributed by atoms with Crippen LogP contribution in [-0.4, -0.2) is 7.11 Å². The van der Waals surface area contributed by atoms with Gasteiger partial charge in [0, 0.05) is 17.1 Å². The van der Waals surface area contributed by atoms with Crippen molar-refractivity contribution < 1.29 is 9.47 Å². The number of methoxy groups -OCH3 is 1. The predicted octanol–water partition coefficient (Wildman–Crippen LogP) is 2.62. The molecule has 2 rings (SSSR count). The van der Waals surface area contributed by atoms with E-state index in [0.29, 0.717) is 6.61 Å². The Labute approximate surface area is 79.6 Å². The third kappa shape index (κ3) is 1.28. The van der Waals surface area contributed by atoms with Crippen molar-refractivity contribution >= 4 is 15.9 Å². The molecule has 0 fully saturated rings. The zero-order chi connectivity index (χ0) is 8.55. The molecule has 12 heavy (non-hydrogen) atoms. The average molecular weight is 229 g/mol. The first kappa shape index (κ1) is 8.23. The van der Waals surface area contributed by atoms with E-state index in [4.69, 9.17) is 9.47 Å². The minimum atomic E-state index is -0.183. The zero-order valence-corrected chi connectivity index (χ0v) is 8.30. The van der Waals surface area contributed by atoms with Crippen molar-refractivity contribution in [3.8, 4) is 0 Å². The minimum Gasteiger partial charge on any atom is -0.352 e. The number of hydrogen-bond acceptors (Lipinski definition) is 2. The van der Waals surface area contributed by atoms with E-state index >= 15 is 0 Å². The van der Waals surface area contributed by atoms with Crippen LogP contribution >= 0.6 is 15.9 Å². The molecule has 1 unspecified atom stereocenters. The van der Waals surface area contributed by atoms with E-state index in [1.807, 2.05) is 12.1 Å². The first-order chi connectivity index (χ1) is 5.81. The maximum atomic E-state index is 5.38. The van der Waals surface area contributed by atoms with Crippen molar-refractivity contribution in [2.75, 3.05) is 7.11 Å². The Morgan fingerprint density at radius 2 is 2.42 bits per heavy atom. The van der Waals surface area contributed by atoms with Crippen LogP contribution in [0.1, 0.15) is 17.4 Å². The highest BCUT2D eigenvalue weighted by atomic mass is 79.9. The molecule has 0 radical (unpaired) electrons. The van der Waals surface area contributed by atoms with E-state index in [2.05, 4.69) is 22.0 Å². The maximum Gasteiger partial charge on any atom is 0.184 e. The van der Waals surface area contributed by atoms with Gasteiger partial charge in [0.05, 0.1) is 6.61 Å². The zero-order valence-electron chi connectivity index (χ0n) is 6.71. The van der Waals surface area contributed by atoms with Crippen LogP contribution < -0.4 is 0 Å². The third-order valence-corrected chi connectivity index (χ3v) is 2.46. The summed E-state index contributed by atoms with van der Waals surface area (Å²) in [5.74, 6) is 0. The number of hydrogen-bond donors (Lipinski definition) is 0. The molecule has 1 aromatic carbocycles. The van der Waals surface area contributed by atoms with Gasteiger partial charge in [0.1, 0.15) is 0 Å². The van der Waals surface area contributed by atoms with E-state index in [-0.39, 0.29) is 6.29 Å². The van der Waals surface area contributed by atoms with Crippen molar-refractivity contribution in [1.82, 2.24) is 0 Å². The first-order valence-electron chi connectivity index (χ1n) is 3.74. The summed E-state index contributed by atoms with van der Waals surface area (Å²) in [4.78, 5) is 0. The number of benzene rings is 1. The second-order valence-corrected chi connectivity index (χ2v) is 3.64. The molecule has 3 heteroatoms. The van der Waals surface area contributed by atoms with Gasteiger partial charge in [0.2, 0.25) is 0 Å². The summed E-state index contributed by atoms with van der Waals surface area (Å²) in [6.07, 6.45) is -0.183. The van der Waals surface area contributed by atoms with Crippen molar-refractivity contribution in [1.29, 1.82) is 0 Å². The lowest BCUT2D eigenvalue weighted by atomic mass is 10.1. The largest absolute Gasteiger partial charge is 0.352 e. The Balaban J connectivity index is 2.42. The summed E-state index contributed by atoms with van der Waals surface area (Å²) in [5.41, 5.74) is 2.34. The van der Waals surface area contributed by atoms with Gasteiger partial charge in [-0.3, -0.25) is 0 Å². The molecule has 0 N–H and O–H groups in total. The fourth-order valence-corrected chi connectivity index (χ4v) is 1.75. The summed E-state index contributed by atoms with van der Waals surface area (Å²) >= 11 is 3.41. The molecule has 0 aromatic heterocycles. The molecule has 0 saturated carbocycles. The molecule has 1 aliphatic heterocycles. The predicted molar refractivity (Wildman–Crippen MR) is 48.7 cm³/mol. The Morgan fingerprint density at radius 1 is 1.58 bits per heavy atom. The van der Waals surface area contributed by atoms with E-state index in [1.165, 1.54) is 5.56 Å². The fourth-order valence-electron chi connectivity index (χ4n) is 1.37. The summed E-state index contributed by atoms with van der Waals surface area (Å²) < 4.78 is 11.6. The SMILES string of the molecule is COC1OCc2ccc(Br)cc21. The second kappa shape index (κ2) is 3.17. The maximum absolute atomic E-state index is 5.38. The number of ether oxygens (including phenoxy) is 2. The normalized spacial score (nSPS) is 21.0. The fraction of sp³-hybridized carbons (Fsp3) is 0.333. The summed E-state index contributed by atoms with van der Waals surface area (Å²) in [5, 5.41) is 0. The van der Waals surface area contributed by atoms with E-state index in [1.54, 1.807) is 7.11 Å². The molecule has 0 amide bonds. The van der Waals surface area contributed by atoms with Gasteiger partial charge >= 0.3 is 0 Å². The van der Waals surface area contributed by atoms with Crippen LogP contribution in [0, 0.1) is 0 Å². The Bertz CT molecular complexity index is 299. The Hall–Kier alpha value is -0.380. The van der Waals surface area contributed by atoms with Gasteiger partial charge in [-0.25, -0.2) is 0 Å². The van der Waals surface area contributed by atoms with Crippen molar-refractivity contribution in [2.45, 2.75) is 12.9 Å². The average Bonchev–Trinajstić information content (AvgIpc) is 2.46. The smallest absolute Gasteiger partial charge is 0.184 e. The molecule has 1 heterocycles. The molecular weight excluding hydrogens is 220 g/mol. The van der Waals surface area contributed by atoms with Crippen LogP contribution in [0.5, 0.6) is 0 Å².